The van der Waals surface area contributed by atoms with Crippen molar-refractivity contribution >= 4 is 5.78 Å². The van der Waals surface area contributed by atoms with Crippen molar-refractivity contribution in [2.24, 2.45) is 0 Å². The molecule has 1 heterocycles. The molecule has 2 rings (SSSR count). The minimum Gasteiger partial charge on any atom is -0.490 e. The van der Waals surface area contributed by atoms with Crippen LogP contribution in [0.5, 0.6) is 11.5 Å². The van der Waals surface area contributed by atoms with Crippen LogP contribution < -0.4 is 9.47 Å². The van der Waals surface area contributed by atoms with Gasteiger partial charge in [-0.1, -0.05) is 0 Å². The van der Waals surface area contributed by atoms with Crippen molar-refractivity contribution in [2.45, 2.75) is 13.8 Å². The van der Waals surface area contributed by atoms with Crippen molar-refractivity contribution in [3.8, 4) is 11.5 Å². The first-order valence-corrected chi connectivity index (χ1v) is 6.46. The number of carbonyl (C=O) groups excluding carboxylic acids is 1. The van der Waals surface area contributed by atoms with Gasteiger partial charge in [-0.05, 0) is 32.0 Å². The molecule has 0 aliphatic carbocycles. The monoisotopic (exact) mass is 272 g/mol. The lowest BCUT2D eigenvalue weighted by Crippen LogP contribution is -2.06. The highest BCUT2D eigenvalue weighted by Crippen LogP contribution is 2.29. The Morgan fingerprint density at radius 2 is 1.85 bits per heavy atom. The second kappa shape index (κ2) is 6.65. The molecule has 1 aromatic heterocycles. The molecule has 0 saturated carbocycles. The van der Waals surface area contributed by atoms with Crippen LogP contribution in [0.3, 0.4) is 0 Å². The molecular weight excluding hydrogens is 256 g/mol. The van der Waals surface area contributed by atoms with Gasteiger partial charge in [0, 0.05) is 18.0 Å². The predicted molar refractivity (Wildman–Crippen MR) is 74.2 cm³/mol. The molecule has 0 unspecified atom stereocenters. The molecule has 0 spiro atoms. The summed E-state index contributed by atoms with van der Waals surface area (Å²) in [7, 11) is 0. The first-order valence-electron chi connectivity index (χ1n) is 6.46. The molecule has 5 nitrogen and oxygen atoms in total. The van der Waals surface area contributed by atoms with Crippen LogP contribution in [0.25, 0.3) is 0 Å². The number of ketones is 1. The molecule has 0 aliphatic heterocycles. The van der Waals surface area contributed by atoms with Gasteiger partial charge in [0.25, 0.3) is 0 Å². The molecule has 1 aromatic carbocycles. The van der Waals surface area contributed by atoms with Crippen molar-refractivity contribution in [3.63, 3.8) is 0 Å². The van der Waals surface area contributed by atoms with Crippen molar-refractivity contribution in [1.29, 1.82) is 0 Å². The molecule has 5 heteroatoms. The van der Waals surface area contributed by atoms with E-state index >= 15 is 0 Å². The fourth-order valence-corrected chi connectivity index (χ4v) is 1.76. The van der Waals surface area contributed by atoms with Crippen LogP contribution in [-0.4, -0.2) is 29.0 Å². The molecule has 0 radical (unpaired) electrons. The maximum Gasteiger partial charge on any atom is 0.213 e. The van der Waals surface area contributed by atoms with Crippen LogP contribution in [0.15, 0.2) is 36.8 Å². The van der Waals surface area contributed by atoms with Crippen molar-refractivity contribution in [1.82, 2.24) is 9.97 Å². The van der Waals surface area contributed by atoms with E-state index in [1.54, 1.807) is 18.2 Å². The third kappa shape index (κ3) is 3.12. The number of hydrogen-bond acceptors (Lipinski definition) is 5. The number of hydrogen-bond donors (Lipinski definition) is 0. The fourth-order valence-electron chi connectivity index (χ4n) is 1.76. The number of carbonyl (C=O) groups is 1. The molecule has 0 atom stereocenters. The fraction of sp³-hybridized carbons (Fsp3) is 0.267. The number of aromatic nitrogens is 2. The van der Waals surface area contributed by atoms with Gasteiger partial charge in [-0.15, -0.1) is 0 Å². The highest BCUT2D eigenvalue weighted by Gasteiger charge is 2.14. The van der Waals surface area contributed by atoms with Crippen LogP contribution in [-0.2, 0) is 0 Å². The molecule has 0 saturated heterocycles. The van der Waals surface area contributed by atoms with Gasteiger partial charge in [-0.3, -0.25) is 9.78 Å². The van der Waals surface area contributed by atoms with Crippen LogP contribution in [0.2, 0.25) is 0 Å². The summed E-state index contributed by atoms with van der Waals surface area (Å²) in [5, 5.41) is 0. The summed E-state index contributed by atoms with van der Waals surface area (Å²) in [6, 6.07) is 5.11. The lowest BCUT2D eigenvalue weighted by atomic mass is 10.1. The van der Waals surface area contributed by atoms with Gasteiger partial charge >= 0.3 is 0 Å². The highest BCUT2D eigenvalue weighted by atomic mass is 16.5. The number of nitrogens with zero attached hydrogens (tertiary/aromatic N) is 2. The topological polar surface area (TPSA) is 61.3 Å². The Kier molecular flexibility index (Phi) is 4.65. The Morgan fingerprint density at radius 1 is 1.10 bits per heavy atom. The second-order valence-electron chi connectivity index (χ2n) is 3.95. The molecular formula is C15H16N2O3. The van der Waals surface area contributed by atoms with Gasteiger partial charge in [-0.2, -0.15) is 0 Å². The van der Waals surface area contributed by atoms with E-state index in [0.29, 0.717) is 36.0 Å². The lowest BCUT2D eigenvalue weighted by Gasteiger charge is -2.11. The number of rotatable bonds is 6. The van der Waals surface area contributed by atoms with Gasteiger partial charge in [-0.25, -0.2) is 4.98 Å². The minimum atomic E-state index is -0.192. The van der Waals surface area contributed by atoms with Gasteiger partial charge in [0.05, 0.1) is 19.4 Å². The third-order valence-corrected chi connectivity index (χ3v) is 2.60. The summed E-state index contributed by atoms with van der Waals surface area (Å²) in [6.45, 7) is 4.82. The van der Waals surface area contributed by atoms with Crippen molar-refractivity contribution in [3.05, 3.63) is 48.0 Å². The van der Waals surface area contributed by atoms with E-state index in [2.05, 4.69) is 9.97 Å². The maximum atomic E-state index is 12.3. The average Bonchev–Trinajstić information content (AvgIpc) is 2.50. The second-order valence-corrected chi connectivity index (χ2v) is 3.95. The van der Waals surface area contributed by atoms with E-state index in [1.807, 2.05) is 13.8 Å². The van der Waals surface area contributed by atoms with Gasteiger partial charge in [0.1, 0.15) is 5.69 Å². The molecule has 0 aliphatic rings. The Labute approximate surface area is 117 Å². The van der Waals surface area contributed by atoms with E-state index in [9.17, 15) is 4.79 Å². The Balaban J connectivity index is 2.33. The van der Waals surface area contributed by atoms with Gasteiger partial charge < -0.3 is 9.47 Å². The SMILES string of the molecule is CCOc1ccc(C(=O)c2cnccn2)cc1OCC. The third-order valence-electron chi connectivity index (χ3n) is 2.60. The van der Waals surface area contributed by atoms with E-state index < -0.39 is 0 Å². The standard InChI is InChI=1S/C15H16N2O3/c1-3-19-13-6-5-11(9-14(13)20-4-2)15(18)12-10-16-7-8-17-12/h5-10H,3-4H2,1-2H3. The van der Waals surface area contributed by atoms with Crippen molar-refractivity contribution < 1.29 is 14.3 Å². The molecule has 0 fully saturated rings. The van der Waals surface area contributed by atoms with Crippen molar-refractivity contribution in [2.75, 3.05) is 13.2 Å². The maximum absolute atomic E-state index is 12.3. The Hall–Kier alpha value is -2.43. The quantitative estimate of drug-likeness (QED) is 0.756. The van der Waals surface area contributed by atoms with Crippen LogP contribution in [0, 0.1) is 0 Å². The summed E-state index contributed by atoms with van der Waals surface area (Å²) in [6.07, 6.45) is 4.46. The summed E-state index contributed by atoms with van der Waals surface area (Å²) >= 11 is 0. The smallest absolute Gasteiger partial charge is 0.213 e. The molecule has 20 heavy (non-hydrogen) atoms. The van der Waals surface area contributed by atoms with Crippen LogP contribution >= 0.6 is 0 Å². The van der Waals surface area contributed by atoms with E-state index in [4.69, 9.17) is 9.47 Å². The Bertz CT molecular complexity index is 585. The van der Waals surface area contributed by atoms with E-state index in [1.165, 1.54) is 18.6 Å². The summed E-state index contributed by atoms with van der Waals surface area (Å²) < 4.78 is 11.0. The summed E-state index contributed by atoms with van der Waals surface area (Å²) in [4.78, 5) is 20.2. The zero-order valence-corrected chi connectivity index (χ0v) is 11.5. The molecule has 2 aromatic rings. The van der Waals surface area contributed by atoms with Gasteiger partial charge in [0.15, 0.2) is 11.5 Å². The molecule has 0 amide bonds. The molecule has 0 N–H and O–H groups in total. The first kappa shape index (κ1) is 14.0. The zero-order valence-electron chi connectivity index (χ0n) is 11.5. The highest BCUT2D eigenvalue weighted by molar-refractivity contribution is 6.07. The molecule has 104 valence electrons. The Morgan fingerprint density at radius 3 is 2.50 bits per heavy atom. The number of ether oxygens (including phenoxy) is 2. The summed E-state index contributed by atoms with van der Waals surface area (Å²) in [5.74, 6) is 0.997. The van der Waals surface area contributed by atoms with Crippen LogP contribution in [0.1, 0.15) is 29.9 Å². The average molecular weight is 272 g/mol. The molecule has 0 bridgehead atoms. The normalized spacial score (nSPS) is 10.1. The largest absolute Gasteiger partial charge is 0.490 e. The van der Waals surface area contributed by atoms with E-state index in [0.717, 1.165) is 0 Å². The van der Waals surface area contributed by atoms with E-state index in [-0.39, 0.29) is 5.78 Å². The lowest BCUT2D eigenvalue weighted by molar-refractivity contribution is 0.103. The summed E-state index contributed by atoms with van der Waals surface area (Å²) in [5.41, 5.74) is 0.802. The first-order chi connectivity index (χ1) is 9.76. The number of benzene rings is 1. The zero-order chi connectivity index (χ0) is 14.4. The van der Waals surface area contributed by atoms with Gasteiger partial charge in [0.2, 0.25) is 5.78 Å². The van der Waals surface area contributed by atoms with Crippen LogP contribution in [0.4, 0.5) is 0 Å². The predicted octanol–water partition coefficient (Wildman–Crippen LogP) is 2.51. The minimum absolute atomic E-state index is 0.192.